The second kappa shape index (κ2) is 8.85. The predicted octanol–water partition coefficient (Wildman–Crippen LogP) is 4.75. The van der Waals surface area contributed by atoms with Gasteiger partial charge in [0.15, 0.2) is 0 Å². The highest BCUT2D eigenvalue weighted by Crippen LogP contribution is 2.32. The molecule has 0 radical (unpaired) electrons. The van der Waals surface area contributed by atoms with Crippen molar-refractivity contribution in [3.63, 3.8) is 0 Å². The lowest BCUT2D eigenvalue weighted by Crippen LogP contribution is -2.13. The zero-order valence-corrected chi connectivity index (χ0v) is 13.4. The first-order valence-corrected chi connectivity index (χ1v) is 7.52. The van der Waals surface area contributed by atoms with Gasteiger partial charge < -0.3 is 14.2 Å². The summed E-state index contributed by atoms with van der Waals surface area (Å²) in [6.45, 7) is 6.47. The number of ether oxygens (including phenoxy) is 3. The van der Waals surface area contributed by atoms with Crippen LogP contribution in [0, 0.1) is 0 Å². The first kappa shape index (κ1) is 16.8. The van der Waals surface area contributed by atoms with Gasteiger partial charge in [0.2, 0.25) is 0 Å². The first-order valence-electron chi connectivity index (χ1n) is 7.52. The van der Waals surface area contributed by atoms with Crippen LogP contribution in [0.5, 0.6) is 11.5 Å². The lowest BCUT2D eigenvalue weighted by Gasteiger charge is -2.23. The summed E-state index contributed by atoms with van der Waals surface area (Å²) in [5.74, 6) is 1.63. The standard InChI is InChI=1S/C17H28O3/c1-6-8-9-17(20-13(3)7-2)14-10-15(18-4)12-16(11-14)19-5/h10-13,17H,6-9H2,1-5H3. The van der Waals surface area contributed by atoms with Crippen molar-refractivity contribution in [2.45, 2.75) is 58.7 Å². The van der Waals surface area contributed by atoms with Gasteiger partial charge in [0, 0.05) is 6.07 Å². The summed E-state index contributed by atoms with van der Waals surface area (Å²) in [7, 11) is 3.35. The summed E-state index contributed by atoms with van der Waals surface area (Å²) in [5.41, 5.74) is 1.13. The van der Waals surface area contributed by atoms with Crippen LogP contribution in [0.3, 0.4) is 0 Å². The largest absolute Gasteiger partial charge is 0.497 e. The molecule has 1 aromatic carbocycles. The van der Waals surface area contributed by atoms with Gasteiger partial charge in [-0.1, -0.05) is 26.7 Å². The van der Waals surface area contributed by atoms with E-state index in [4.69, 9.17) is 14.2 Å². The summed E-state index contributed by atoms with van der Waals surface area (Å²) in [4.78, 5) is 0. The molecule has 0 bridgehead atoms. The molecule has 0 saturated carbocycles. The fourth-order valence-electron chi connectivity index (χ4n) is 2.09. The van der Waals surface area contributed by atoms with Crippen LogP contribution in [0.1, 0.15) is 58.1 Å². The third kappa shape index (κ3) is 5.04. The SMILES string of the molecule is CCCCC(OC(C)CC)c1cc(OC)cc(OC)c1. The van der Waals surface area contributed by atoms with E-state index < -0.39 is 0 Å². The summed E-state index contributed by atoms with van der Waals surface area (Å²) in [6, 6.07) is 5.99. The van der Waals surface area contributed by atoms with Crippen LogP contribution < -0.4 is 9.47 Å². The van der Waals surface area contributed by atoms with Crippen LogP contribution in [0.25, 0.3) is 0 Å². The number of rotatable bonds is 9. The van der Waals surface area contributed by atoms with Crippen molar-refractivity contribution in [2.24, 2.45) is 0 Å². The monoisotopic (exact) mass is 280 g/mol. The lowest BCUT2D eigenvalue weighted by molar-refractivity contribution is -0.0109. The van der Waals surface area contributed by atoms with Crippen molar-refractivity contribution in [2.75, 3.05) is 14.2 Å². The fraction of sp³-hybridized carbons (Fsp3) is 0.647. The van der Waals surface area contributed by atoms with Gasteiger partial charge in [-0.15, -0.1) is 0 Å². The molecule has 3 nitrogen and oxygen atoms in total. The molecule has 1 rings (SSSR count). The van der Waals surface area contributed by atoms with Crippen LogP contribution in [0.15, 0.2) is 18.2 Å². The second-order valence-electron chi connectivity index (χ2n) is 5.13. The zero-order chi connectivity index (χ0) is 15.0. The molecule has 2 atom stereocenters. The molecule has 0 fully saturated rings. The molecule has 2 unspecified atom stereocenters. The van der Waals surface area contributed by atoms with E-state index in [-0.39, 0.29) is 12.2 Å². The molecule has 3 heteroatoms. The van der Waals surface area contributed by atoms with Gasteiger partial charge in [-0.2, -0.15) is 0 Å². The van der Waals surface area contributed by atoms with E-state index >= 15 is 0 Å². The Hall–Kier alpha value is -1.22. The molecule has 0 aliphatic heterocycles. The third-order valence-electron chi connectivity index (χ3n) is 3.54. The molecule has 0 saturated heterocycles. The lowest BCUT2D eigenvalue weighted by atomic mass is 10.0. The molecule has 20 heavy (non-hydrogen) atoms. The quantitative estimate of drug-likeness (QED) is 0.653. The molecule has 0 aliphatic rings. The molecular weight excluding hydrogens is 252 g/mol. The van der Waals surface area contributed by atoms with E-state index in [0.717, 1.165) is 36.3 Å². The Morgan fingerprint density at radius 1 is 1.00 bits per heavy atom. The van der Waals surface area contributed by atoms with Crippen molar-refractivity contribution >= 4 is 0 Å². The van der Waals surface area contributed by atoms with Crippen molar-refractivity contribution < 1.29 is 14.2 Å². The minimum absolute atomic E-state index is 0.105. The topological polar surface area (TPSA) is 27.7 Å². The average molecular weight is 280 g/mol. The number of hydrogen-bond acceptors (Lipinski definition) is 3. The number of unbranched alkanes of at least 4 members (excludes halogenated alkanes) is 1. The van der Waals surface area contributed by atoms with Crippen LogP contribution in [0.4, 0.5) is 0 Å². The molecule has 0 aromatic heterocycles. The summed E-state index contributed by atoms with van der Waals surface area (Å²) in [6.07, 6.45) is 4.73. The Labute approximate surface area is 123 Å². The van der Waals surface area contributed by atoms with Gasteiger partial charge in [-0.05, 0) is 37.5 Å². The van der Waals surface area contributed by atoms with E-state index in [1.54, 1.807) is 14.2 Å². The van der Waals surface area contributed by atoms with Crippen molar-refractivity contribution in [1.29, 1.82) is 0 Å². The Kier molecular flexibility index (Phi) is 7.45. The summed E-state index contributed by atoms with van der Waals surface area (Å²) in [5, 5.41) is 0. The van der Waals surface area contributed by atoms with Gasteiger partial charge >= 0.3 is 0 Å². The van der Waals surface area contributed by atoms with Crippen LogP contribution in [0.2, 0.25) is 0 Å². The van der Waals surface area contributed by atoms with Gasteiger partial charge in [0.25, 0.3) is 0 Å². The highest BCUT2D eigenvalue weighted by molar-refractivity contribution is 5.39. The first-order chi connectivity index (χ1) is 9.64. The van der Waals surface area contributed by atoms with E-state index in [9.17, 15) is 0 Å². The Morgan fingerprint density at radius 3 is 2.05 bits per heavy atom. The molecule has 1 aromatic rings. The number of hydrogen-bond donors (Lipinski definition) is 0. The Balaban J connectivity index is 2.97. The highest BCUT2D eigenvalue weighted by Gasteiger charge is 2.16. The molecule has 0 aliphatic carbocycles. The van der Waals surface area contributed by atoms with E-state index in [1.807, 2.05) is 18.2 Å². The smallest absolute Gasteiger partial charge is 0.122 e. The van der Waals surface area contributed by atoms with Crippen LogP contribution >= 0.6 is 0 Å². The Bertz CT molecular complexity index is 368. The van der Waals surface area contributed by atoms with E-state index in [1.165, 1.54) is 6.42 Å². The summed E-state index contributed by atoms with van der Waals surface area (Å²) >= 11 is 0. The maximum Gasteiger partial charge on any atom is 0.122 e. The van der Waals surface area contributed by atoms with Crippen LogP contribution in [-0.2, 0) is 4.74 Å². The van der Waals surface area contributed by atoms with E-state index in [0.29, 0.717) is 0 Å². The molecule has 0 heterocycles. The minimum Gasteiger partial charge on any atom is -0.497 e. The maximum atomic E-state index is 6.18. The van der Waals surface area contributed by atoms with Crippen molar-refractivity contribution in [1.82, 2.24) is 0 Å². The number of methoxy groups -OCH3 is 2. The highest BCUT2D eigenvalue weighted by atomic mass is 16.5. The normalized spacial score (nSPS) is 13.8. The predicted molar refractivity (Wildman–Crippen MR) is 82.7 cm³/mol. The van der Waals surface area contributed by atoms with Crippen molar-refractivity contribution in [3.05, 3.63) is 23.8 Å². The zero-order valence-electron chi connectivity index (χ0n) is 13.4. The van der Waals surface area contributed by atoms with Crippen molar-refractivity contribution in [3.8, 4) is 11.5 Å². The number of benzene rings is 1. The molecule has 0 N–H and O–H groups in total. The molecule has 114 valence electrons. The van der Waals surface area contributed by atoms with Gasteiger partial charge in [-0.25, -0.2) is 0 Å². The summed E-state index contributed by atoms with van der Waals surface area (Å²) < 4.78 is 16.9. The van der Waals surface area contributed by atoms with E-state index in [2.05, 4.69) is 20.8 Å². The fourth-order valence-corrected chi connectivity index (χ4v) is 2.09. The molecule has 0 amide bonds. The van der Waals surface area contributed by atoms with Gasteiger partial charge in [0.05, 0.1) is 26.4 Å². The second-order valence-corrected chi connectivity index (χ2v) is 5.13. The minimum atomic E-state index is 0.105. The average Bonchev–Trinajstić information content (AvgIpc) is 2.50. The van der Waals surface area contributed by atoms with Gasteiger partial charge in [-0.3, -0.25) is 0 Å². The maximum absolute atomic E-state index is 6.18. The molecular formula is C17H28O3. The van der Waals surface area contributed by atoms with Gasteiger partial charge in [0.1, 0.15) is 11.5 Å². The Morgan fingerprint density at radius 2 is 1.60 bits per heavy atom. The molecule has 0 spiro atoms. The third-order valence-corrected chi connectivity index (χ3v) is 3.54. The van der Waals surface area contributed by atoms with Crippen LogP contribution in [-0.4, -0.2) is 20.3 Å².